The lowest BCUT2D eigenvalue weighted by Crippen LogP contribution is -2.14. The third-order valence-electron chi connectivity index (χ3n) is 2.48. The fourth-order valence-corrected chi connectivity index (χ4v) is 1.94. The van der Waals surface area contributed by atoms with Gasteiger partial charge >= 0.3 is 0 Å². The highest BCUT2D eigenvalue weighted by molar-refractivity contribution is 9.10. The van der Waals surface area contributed by atoms with Crippen molar-refractivity contribution in [3.05, 3.63) is 58.3 Å². The Hall–Kier alpha value is -1.88. The van der Waals surface area contributed by atoms with Gasteiger partial charge in [0.15, 0.2) is 0 Å². The van der Waals surface area contributed by atoms with Crippen LogP contribution in [-0.2, 0) is 11.2 Å². The first-order valence-corrected chi connectivity index (χ1v) is 6.42. The Bertz CT molecular complexity index is 579. The van der Waals surface area contributed by atoms with Gasteiger partial charge in [0, 0.05) is 15.8 Å². The summed E-state index contributed by atoms with van der Waals surface area (Å²) in [6.45, 7) is 0. The summed E-state index contributed by atoms with van der Waals surface area (Å²) in [6, 6.07) is 11.4. The number of hydrogen-bond acceptors (Lipinski definition) is 2. The van der Waals surface area contributed by atoms with Gasteiger partial charge in [-0.3, -0.25) is 4.79 Å². The van der Waals surface area contributed by atoms with Crippen LogP contribution in [0.2, 0.25) is 0 Å². The Morgan fingerprint density at radius 2 is 1.89 bits per heavy atom. The molecule has 0 unspecified atom stereocenters. The van der Waals surface area contributed by atoms with Crippen molar-refractivity contribution in [2.45, 2.75) is 6.42 Å². The normalized spacial score (nSPS) is 10.2. The molecule has 0 saturated carbocycles. The molecule has 0 bridgehead atoms. The number of carbonyl (C=O) groups is 1. The highest BCUT2D eigenvalue weighted by Crippen LogP contribution is 2.16. The van der Waals surface area contributed by atoms with Crippen LogP contribution in [0.4, 0.5) is 15.8 Å². The van der Waals surface area contributed by atoms with E-state index in [1.54, 1.807) is 0 Å². The maximum Gasteiger partial charge on any atom is 0.228 e. The number of halogens is 2. The van der Waals surface area contributed by atoms with E-state index < -0.39 is 5.82 Å². The van der Waals surface area contributed by atoms with Crippen molar-refractivity contribution in [3.8, 4) is 0 Å². The van der Waals surface area contributed by atoms with Gasteiger partial charge in [-0.05, 0) is 35.9 Å². The SMILES string of the molecule is Nc1cc(F)cc(NC(=O)Cc2ccc(Br)cc2)c1. The molecule has 0 atom stereocenters. The van der Waals surface area contributed by atoms with Crippen LogP contribution in [0.1, 0.15) is 5.56 Å². The Labute approximate surface area is 118 Å². The second-order valence-electron chi connectivity index (χ2n) is 4.12. The molecular formula is C14H12BrFN2O. The number of rotatable bonds is 3. The molecule has 0 aromatic heterocycles. The van der Waals surface area contributed by atoms with Crippen molar-refractivity contribution in [1.29, 1.82) is 0 Å². The molecule has 3 nitrogen and oxygen atoms in total. The molecule has 2 rings (SSSR count). The summed E-state index contributed by atoms with van der Waals surface area (Å²) in [5.41, 5.74) is 7.03. The van der Waals surface area contributed by atoms with Crippen LogP contribution in [0.25, 0.3) is 0 Å². The quantitative estimate of drug-likeness (QED) is 0.851. The van der Waals surface area contributed by atoms with Crippen LogP contribution < -0.4 is 11.1 Å². The van der Waals surface area contributed by atoms with E-state index in [2.05, 4.69) is 21.2 Å². The van der Waals surface area contributed by atoms with E-state index in [0.29, 0.717) is 5.69 Å². The molecule has 0 aliphatic heterocycles. The lowest BCUT2D eigenvalue weighted by molar-refractivity contribution is -0.115. The summed E-state index contributed by atoms with van der Waals surface area (Å²) >= 11 is 3.33. The molecule has 0 heterocycles. The van der Waals surface area contributed by atoms with Gasteiger partial charge in [-0.15, -0.1) is 0 Å². The maximum atomic E-state index is 13.1. The van der Waals surface area contributed by atoms with Crippen molar-refractivity contribution in [1.82, 2.24) is 0 Å². The predicted octanol–water partition coefficient (Wildman–Crippen LogP) is 3.35. The predicted molar refractivity (Wildman–Crippen MR) is 77.3 cm³/mol. The maximum absolute atomic E-state index is 13.1. The summed E-state index contributed by atoms with van der Waals surface area (Å²) in [5.74, 6) is -0.689. The van der Waals surface area contributed by atoms with E-state index in [-0.39, 0.29) is 18.0 Å². The molecule has 2 aromatic carbocycles. The highest BCUT2D eigenvalue weighted by atomic mass is 79.9. The number of nitrogen functional groups attached to an aromatic ring is 1. The summed E-state index contributed by atoms with van der Waals surface area (Å²) in [6.07, 6.45) is 0.226. The van der Waals surface area contributed by atoms with Crippen molar-refractivity contribution < 1.29 is 9.18 Å². The van der Waals surface area contributed by atoms with Gasteiger partial charge in [-0.2, -0.15) is 0 Å². The third-order valence-corrected chi connectivity index (χ3v) is 3.01. The molecule has 0 saturated heterocycles. The van der Waals surface area contributed by atoms with E-state index in [1.165, 1.54) is 18.2 Å². The molecule has 98 valence electrons. The third kappa shape index (κ3) is 4.06. The molecule has 1 amide bonds. The van der Waals surface area contributed by atoms with Gasteiger partial charge in [0.1, 0.15) is 5.82 Å². The van der Waals surface area contributed by atoms with Crippen LogP contribution in [0.5, 0.6) is 0 Å². The number of amides is 1. The largest absolute Gasteiger partial charge is 0.399 e. The highest BCUT2D eigenvalue weighted by Gasteiger charge is 2.05. The van der Waals surface area contributed by atoms with Crippen molar-refractivity contribution in [3.63, 3.8) is 0 Å². The Morgan fingerprint density at radius 3 is 2.53 bits per heavy atom. The molecule has 0 radical (unpaired) electrons. The van der Waals surface area contributed by atoms with Crippen LogP contribution in [0, 0.1) is 5.82 Å². The summed E-state index contributed by atoms with van der Waals surface area (Å²) in [7, 11) is 0. The van der Waals surface area contributed by atoms with E-state index >= 15 is 0 Å². The fraction of sp³-hybridized carbons (Fsp3) is 0.0714. The molecule has 0 spiro atoms. The van der Waals surface area contributed by atoms with Crippen LogP contribution >= 0.6 is 15.9 Å². The van der Waals surface area contributed by atoms with Crippen molar-refractivity contribution in [2.24, 2.45) is 0 Å². The first-order valence-electron chi connectivity index (χ1n) is 5.63. The zero-order chi connectivity index (χ0) is 13.8. The van der Waals surface area contributed by atoms with Gasteiger partial charge in [0.25, 0.3) is 0 Å². The van der Waals surface area contributed by atoms with E-state index in [4.69, 9.17) is 5.73 Å². The van der Waals surface area contributed by atoms with Gasteiger partial charge in [-0.1, -0.05) is 28.1 Å². The topological polar surface area (TPSA) is 55.1 Å². The summed E-state index contributed by atoms with van der Waals surface area (Å²) in [4.78, 5) is 11.8. The minimum absolute atomic E-state index is 0.215. The molecule has 0 aliphatic carbocycles. The zero-order valence-electron chi connectivity index (χ0n) is 9.99. The first kappa shape index (κ1) is 13.5. The average molecular weight is 323 g/mol. The Kier molecular flexibility index (Phi) is 4.16. The first-order chi connectivity index (χ1) is 9.02. The van der Waals surface area contributed by atoms with Crippen molar-refractivity contribution >= 4 is 33.2 Å². The molecular weight excluding hydrogens is 311 g/mol. The van der Waals surface area contributed by atoms with E-state index in [9.17, 15) is 9.18 Å². The Balaban J connectivity index is 2.03. The summed E-state index contributed by atoms with van der Waals surface area (Å²) in [5, 5.41) is 2.62. The van der Waals surface area contributed by atoms with Crippen LogP contribution in [0.3, 0.4) is 0 Å². The number of benzene rings is 2. The van der Waals surface area contributed by atoms with Gasteiger partial charge in [0.05, 0.1) is 6.42 Å². The van der Waals surface area contributed by atoms with Gasteiger partial charge in [0.2, 0.25) is 5.91 Å². The molecule has 19 heavy (non-hydrogen) atoms. The molecule has 2 aromatic rings. The van der Waals surface area contributed by atoms with E-state index in [0.717, 1.165) is 10.0 Å². The number of nitrogens with two attached hydrogens (primary N) is 1. The molecule has 0 fully saturated rings. The van der Waals surface area contributed by atoms with Crippen molar-refractivity contribution in [2.75, 3.05) is 11.1 Å². The number of carbonyl (C=O) groups excluding carboxylic acids is 1. The lowest BCUT2D eigenvalue weighted by Gasteiger charge is -2.06. The number of anilines is 2. The number of nitrogens with one attached hydrogen (secondary N) is 1. The molecule has 0 aliphatic rings. The Morgan fingerprint density at radius 1 is 1.21 bits per heavy atom. The second kappa shape index (κ2) is 5.84. The lowest BCUT2D eigenvalue weighted by atomic mass is 10.1. The average Bonchev–Trinajstić information content (AvgIpc) is 2.30. The monoisotopic (exact) mass is 322 g/mol. The van der Waals surface area contributed by atoms with E-state index in [1.807, 2.05) is 24.3 Å². The minimum atomic E-state index is -0.473. The van der Waals surface area contributed by atoms with Gasteiger partial charge in [-0.25, -0.2) is 4.39 Å². The second-order valence-corrected chi connectivity index (χ2v) is 5.04. The summed E-state index contributed by atoms with van der Waals surface area (Å²) < 4.78 is 14.1. The van der Waals surface area contributed by atoms with Gasteiger partial charge < -0.3 is 11.1 Å². The fourth-order valence-electron chi connectivity index (χ4n) is 1.68. The zero-order valence-corrected chi connectivity index (χ0v) is 11.6. The molecule has 5 heteroatoms. The standard InChI is InChI=1S/C14H12BrFN2O/c15-10-3-1-9(2-4-10)5-14(19)18-13-7-11(16)6-12(17)8-13/h1-4,6-8H,5,17H2,(H,18,19). The number of hydrogen-bond donors (Lipinski definition) is 2. The van der Waals surface area contributed by atoms with Crippen LogP contribution in [0.15, 0.2) is 46.9 Å². The molecule has 3 N–H and O–H groups in total. The smallest absolute Gasteiger partial charge is 0.228 e. The minimum Gasteiger partial charge on any atom is -0.399 e. The van der Waals surface area contributed by atoms with Crippen LogP contribution in [-0.4, -0.2) is 5.91 Å².